The van der Waals surface area contributed by atoms with Crippen LogP contribution in [0, 0.1) is 0 Å². The van der Waals surface area contributed by atoms with Crippen molar-refractivity contribution in [2.45, 2.75) is 5.41 Å². The molecule has 2 heterocycles. The van der Waals surface area contributed by atoms with E-state index in [1.807, 2.05) is 6.07 Å². The maximum atomic E-state index is 6.88. The lowest BCUT2D eigenvalue weighted by Gasteiger charge is -2.36. The minimum atomic E-state index is -0.713. The van der Waals surface area contributed by atoms with Gasteiger partial charge in [0.2, 0.25) is 0 Å². The number of hydrogen-bond donors (Lipinski definition) is 0. The highest BCUT2D eigenvalue weighted by Gasteiger charge is 2.51. The summed E-state index contributed by atoms with van der Waals surface area (Å²) >= 11 is 0. The van der Waals surface area contributed by atoms with Gasteiger partial charge in [0.25, 0.3) is 0 Å². The second kappa shape index (κ2) is 13.3. The Labute approximate surface area is 369 Å². The summed E-state index contributed by atoms with van der Waals surface area (Å²) in [4.78, 5) is 2.43. The van der Waals surface area contributed by atoms with E-state index in [0.717, 1.165) is 72.1 Å². The predicted octanol–water partition coefficient (Wildman–Crippen LogP) is 16.6. The Hall–Kier alpha value is -8.40. The molecule has 12 aromatic rings. The molecule has 3 nitrogen and oxygen atoms in total. The number of fused-ring (bicyclic) bond motifs is 19. The summed E-state index contributed by atoms with van der Waals surface area (Å²) in [5.41, 5.74) is 20.4. The van der Waals surface area contributed by atoms with E-state index >= 15 is 0 Å². The lowest BCUT2D eigenvalue weighted by atomic mass is 9.65. The quantitative estimate of drug-likeness (QED) is 0.177. The molecule has 64 heavy (non-hydrogen) atoms. The standard InChI is InChI=1S/C61H37NO2/c1-2-17-38(18-3-1)40-19-8-13-29-53(40)62(54-30-16-26-46-45-23-9-14-31-55(45)64-60(46)54)39-33-34-44-42-21-5-4-20-41(42)43-22-6-11-27-49(43)61(52(44)37-39)50-28-12-7-24-47(50)58-51(61)35-36-57-59(58)48-25-10-15-32-56(48)63-57/h1-37H. The molecule has 298 valence electrons. The highest BCUT2D eigenvalue weighted by Crippen LogP contribution is 2.64. The predicted molar refractivity (Wildman–Crippen MR) is 263 cm³/mol. The third-order valence-corrected chi connectivity index (χ3v) is 13.9. The maximum Gasteiger partial charge on any atom is 0.159 e. The van der Waals surface area contributed by atoms with Gasteiger partial charge in [-0.25, -0.2) is 0 Å². The first-order valence-corrected chi connectivity index (χ1v) is 22.0. The molecule has 2 aromatic heterocycles. The number of furan rings is 2. The molecule has 0 N–H and O–H groups in total. The first-order valence-electron chi connectivity index (χ1n) is 22.0. The number of benzene rings is 10. The summed E-state index contributed by atoms with van der Waals surface area (Å²) in [6.07, 6.45) is 0. The van der Waals surface area contributed by atoms with Crippen molar-refractivity contribution in [3.8, 4) is 44.5 Å². The Morgan fingerprint density at radius 2 is 0.906 bits per heavy atom. The fraction of sp³-hybridized carbons (Fsp3) is 0.0164. The molecule has 0 bridgehead atoms. The summed E-state index contributed by atoms with van der Waals surface area (Å²) in [5.74, 6) is 0. The Morgan fingerprint density at radius 1 is 0.328 bits per heavy atom. The van der Waals surface area contributed by atoms with Crippen LogP contribution in [-0.2, 0) is 5.41 Å². The SMILES string of the molecule is c1ccc(-c2ccccc2N(c2ccc3c(c2)C2(c4ccccc4-c4ccccc4-3)c3ccccc3-c3c2ccc2oc4ccccc4c32)c2cccc3c2oc2ccccc23)cc1. The van der Waals surface area contributed by atoms with Crippen molar-refractivity contribution in [2.75, 3.05) is 4.90 Å². The Balaban J connectivity index is 1.15. The van der Waals surface area contributed by atoms with E-state index in [1.54, 1.807) is 0 Å². The maximum absolute atomic E-state index is 6.88. The van der Waals surface area contributed by atoms with Crippen molar-refractivity contribution in [3.63, 3.8) is 0 Å². The monoisotopic (exact) mass is 815 g/mol. The van der Waals surface area contributed by atoms with E-state index in [-0.39, 0.29) is 0 Å². The van der Waals surface area contributed by atoms with Crippen molar-refractivity contribution >= 4 is 60.9 Å². The van der Waals surface area contributed by atoms with Crippen molar-refractivity contribution in [1.29, 1.82) is 0 Å². The minimum absolute atomic E-state index is 0.713. The van der Waals surface area contributed by atoms with Crippen molar-refractivity contribution < 1.29 is 8.83 Å². The number of hydrogen-bond acceptors (Lipinski definition) is 3. The second-order valence-corrected chi connectivity index (χ2v) is 17.0. The fourth-order valence-electron chi connectivity index (χ4n) is 11.4. The Bertz CT molecular complexity index is 3870. The van der Waals surface area contributed by atoms with Gasteiger partial charge in [-0.05, 0) is 104 Å². The highest BCUT2D eigenvalue weighted by atomic mass is 16.3. The molecule has 2 aliphatic carbocycles. The third kappa shape index (κ3) is 4.70. The first-order chi connectivity index (χ1) is 31.8. The first kappa shape index (κ1) is 35.2. The number of anilines is 3. The average Bonchev–Trinajstić information content (AvgIpc) is 4.01. The van der Waals surface area contributed by atoms with Crippen molar-refractivity contribution in [1.82, 2.24) is 0 Å². The van der Waals surface area contributed by atoms with Gasteiger partial charge in [-0.3, -0.25) is 0 Å². The van der Waals surface area contributed by atoms with Crippen LogP contribution in [0.5, 0.6) is 0 Å². The van der Waals surface area contributed by atoms with Gasteiger partial charge >= 0.3 is 0 Å². The molecule has 1 spiro atoms. The van der Waals surface area contributed by atoms with Crippen molar-refractivity contribution in [2.24, 2.45) is 0 Å². The zero-order valence-corrected chi connectivity index (χ0v) is 34.6. The van der Waals surface area contributed by atoms with E-state index in [1.165, 1.54) is 55.6 Å². The molecule has 1 atom stereocenters. The van der Waals surface area contributed by atoms with Gasteiger partial charge in [0.15, 0.2) is 5.58 Å². The average molecular weight is 816 g/mol. The molecule has 0 saturated heterocycles. The molecule has 2 aliphatic rings. The van der Waals surface area contributed by atoms with Crippen LogP contribution in [0.3, 0.4) is 0 Å². The second-order valence-electron chi connectivity index (χ2n) is 17.0. The lowest BCUT2D eigenvalue weighted by molar-refractivity contribution is 0.668. The molecule has 10 aromatic carbocycles. The van der Waals surface area contributed by atoms with Crippen LogP contribution in [0.1, 0.15) is 22.3 Å². The van der Waals surface area contributed by atoms with Crippen LogP contribution in [0.4, 0.5) is 17.1 Å². The van der Waals surface area contributed by atoms with Gasteiger partial charge in [-0.1, -0.05) is 182 Å². The summed E-state index contributed by atoms with van der Waals surface area (Å²) in [7, 11) is 0. The van der Waals surface area contributed by atoms with Crippen LogP contribution >= 0.6 is 0 Å². The summed E-state index contributed by atoms with van der Waals surface area (Å²) < 4.78 is 13.5. The zero-order valence-electron chi connectivity index (χ0n) is 34.6. The molecular formula is C61H37NO2. The van der Waals surface area contributed by atoms with Gasteiger partial charge < -0.3 is 13.7 Å². The van der Waals surface area contributed by atoms with Crippen LogP contribution in [0.15, 0.2) is 233 Å². The molecular weight excluding hydrogens is 779 g/mol. The molecule has 0 aliphatic heterocycles. The Morgan fingerprint density at radius 3 is 1.70 bits per heavy atom. The van der Waals surface area contributed by atoms with E-state index in [2.05, 4.69) is 223 Å². The van der Waals surface area contributed by atoms with Gasteiger partial charge in [0.05, 0.1) is 16.8 Å². The normalized spacial score (nSPS) is 14.6. The van der Waals surface area contributed by atoms with Gasteiger partial charge in [0.1, 0.15) is 16.7 Å². The van der Waals surface area contributed by atoms with Gasteiger partial charge in [-0.15, -0.1) is 0 Å². The van der Waals surface area contributed by atoms with Crippen LogP contribution in [0.25, 0.3) is 88.4 Å². The third-order valence-electron chi connectivity index (χ3n) is 13.9. The molecule has 0 saturated carbocycles. The highest BCUT2D eigenvalue weighted by molar-refractivity contribution is 6.16. The summed E-state index contributed by atoms with van der Waals surface area (Å²) in [6.45, 7) is 0. The van der Waals surface area contributed by atoms with Crippen LogP contribution < -0.4 is 4.90 Å². The largest absolute Gasteiger partial charge is 0.456 e. The molecule has 0 radical (unpaired) electrons. The molecule has 0 amide bonds. The fourth-order valence-corrected chi connectivity index (χ4v) is 11.4. The molecule has 1 unspecified atom stereocenters. The number of para-hydroxylation sites is 4. The minimum Gasteiger partial charge on any atom is -0.456 e. The van der Waals surface area contributed by atoms with E-state index in [9.17, 15) is 0 Å². The lowest BCUT2D eigenvalue weighted by Crippen LogP contribution is -2.29. The van der Waals surface area contributed by atoms with Gasteiger partial charge in [0, 0.05) is 32.8 Å². The van der Waals surface area contributed by atoms with E-state index < -0.39 is 5.41 Å². The van der Waals surface area contributed by atoms with Crippen molar-refractivity contribution in [3.05, 3.63) is 247 Å². The van der Waals surface area contributed by atoms with Gasteiger partial charge in [-0.2, -0.15) is 0 Å². The number of nitrogens with zero attached hydrogens (tertiary/aromatic N) is 1. The van der Waals surface area contributed by atoms with Crippen LogP contribution in [-0.4, -0.2) is 0 Å². The Kier molecular flexibility index (Phi) is 7.32. The molecule has 0 fully saturated rings. The van der Waals surface area contributed by atoms with Crippen LogP contribution in [0.2, 0.25) is 0 Å². The number of rotatable bonds is 4. The summed E-state index contributed by atoms with van der Waals surface area (Å²) in [6, 6.07) is 81.7. The van der Waals surface area contributed by atoms with E-state index in [4.69, 9.17) is 8.83 Å². The molecule has 3 heteroatoms. The van der Waals surface area contributed by atoms with E-state index in [0.29, 0.717) is 0 Å². The topological polar surface area (TPSA) is 29.5 Å². The smallest absolute Gasteiger partial charge is 0.159 e. The zero-order chi connectivity index (χ0) is 41.9. The summed E-state index contributed by atoms with van der Waals surface area (Å²) in [5, 5.41) is 4.47. The molecule has 14 rings (SSSR count).